The second kappa shape index (κ2) is 107. The summed E-state index contributed by atoms with van der Waals surface area (Å²) in [6.45, 7) is 10.5. The Bertz CT molecular complexity index is 3550. The van der Waals surface area contributed by atoms with Gasteiger partial charge in [-0.1, -0.05) is 119 Å². The zero-order valence-electron chi connectivity index (χ0n) is 75.3. The predicted molar refractivity (Wildman–Crippen MR) is 541 cm³/mol. The summed E-state index contributed by atoms with van der Waals surface area (Å²) in [5.74, 6) is 5.77. The van der Waals surface area contributed by atoms with E-state index < -0.39 is 6.03 Å². The number of urea groups is 1. The summed E-state index contributed by atoms with van der Waals surface area (Å²) in [5.41, 5.74) is 9.21. The number of hydroxylamine groups is 1. The fraction of sp³-hybridized carbons (Fsp3) is 0.388. The van der Waals surface area contributed by atoms with E-state index >= 15 is 0 Å². The van der Waals surface area contributed by atoms with Crippen LogP contribution in [0.5, 0.6) is 0 Å². The average Bonchev–Trinajstić information content (AvgIpc) is 1.84. The summed E-state index contributed by atoms with van der Waals surface area (Å²) in [5, 5.41) is 58.8. The second-order valence-electron chi connectivity index (χ2n) is 24.5. The topological polar surface area (TPSA) is 556 Å². The van der Waals surface area contributed by atoms with E-state index in [4.69, 9.17) is 9.47 Å². The number of aliphatic imine (C=N–C) groups is 5. The number of carbonyl (C=O) groups is 5. The van der Waals surface area contributed by atoms with Gasteiger partial charge in [-0.15, -0.1) is 53.3 Å². The van der Waals surface area contributed by atoms with E-state index in [1.807, 2.05) is 82.0 Å². The number of nitrogens with zero attached hydrogens (tertiary/aromatic N) is 25. The summed E-state index contributed by atoms with van der Waals surface area (Å²) in [6, 6.07) is 3.23. The normalized spacial score (nSPS) is 15.6. The van der Waals surface area contributed by atoms with Crippen LogP contribution in [0.15, 0.2) is 310 Å². The van der Waals surface area contributed by atoms with E-state index in [9.17, 15) is 24.0 Å². The van der Waals surface area contributed by atoms with Crippen molar-refractivity contribution in [2.24, 2.45) is 45.4 Å². The number of aromatic nitrogens is 16. The lowest BCUT2D eigenvalue weighted by Crippen LogP contribution is -2.22. The van der Waals surface area contributed by atoms with Crippen molar-refractivity contribution >= 4 is 165 Å². The number of amides is 6. The number of thiazole rings is 1. The number of azo groups is 1. The molecular weight excluding hydrogens is 1910 g/mol. The molecular formula is C85H118N30O13S8. The molecule has 16 aliphatic rings. The van der Waals surface area contributed by atoms with Gasteiger partial charge >= 0.3 is 6.03 Å². The lowest BCUT2D eigenvalue weighted by atomic mass is 10.4. The zero-order valence-corrected chi connectivity index (χ0v) is 81.8. The van der Waals surface area contributed by atoms with Crippen LogP contribution in [0, 0.1) is 0 Å². The Hall–Kier alpha value is -12.9. The van der Waals surface area contributed by atoms with Crippen LogP contribution in [-0.2, 0) is 28.7 Å². The Morgan fingerprint density at radius 1 is 0.471 bits per heavy atom. The molecule has 6 fully saturated rings. The van der Waals surface area contributed by atoms with Crippen LogP contribution in [0.25, 0.3) is 0 Å². The summed E-state index contributed by atoms with van der Waals surface area (Å²) >= 11 is 12.3. The maximum atomic E-state index is 10.1. The molecule has 5 N–H and O–H groups in total. The molecule has 0 radical (unpaired) electrons. The van der Waals surface area contributed by atoms with Gasteiger partial charge in [0.15, 0.2) is 12.7 Å². The molecule has 23 heterocycles. The Balaban J connectivity index is 0.000000708. The number of oxazole rings is 1. The Kier molecular flexibility index (Phi) is 95.7. The lowest BCUT2D eigenvalue weighted by molar-refractivity contribution is -0.119. The summed E-state index contributed by atoms with van der Waals surface area (Å²) in [6.07, 6.45) is 87.7. The predicted octanol–water partition coefficient (Wildman–Crippen LogP) is 16.9. The van der Waals surface area contributed by atoms with Crippen molar-refractivity contribution in [1.29, 1.82) is 0 Å². The first-order chi connectivity index (χ1) is 67.4. The number of imide groups is 2. The number of nitrogens with one attached hydrogen (secondary N) is 5. The Labute approximate surface area is 823 Å². The quantitative estimate of drug-likeness (QED) is 0.0695. The number of ether oxygens (including phenoxy) is 2. The first kappa shape index (κ1) is 121. The maximum Gasteiger partial charge on any atom is 0.321 e. The number of allylic oxidation sites excluding steroid dienone is 6. The molecule has 0 bridgehead atoms. The molecule has 0 spiro atoms. The van der Waals surface area contributed by atoms with Crippen LogP contribution in [0.1, 0.15) is 122 Å². The highest BCUT2D eigenvalue weighted by molar-refractivity contribution is 8.14. The monoisotopic (exact) mass is 2020 g/mol. The largest absolute Gasteiger partial charge is 0.452 e. The Morgan fingerprint density at radius 3 is 1.43 bits per heavy atom. The van der Waals surface area contributed by atoms with E-state index in [2.05, 4.69) is 228 Å². The molecule has 43 nitrogen and oxygen atoms in total. The van der Waals surface area contributed by atoms with Crippen molar-refractivity contribution in [3.05, 3.63) is 242 Å². The second-order valence-corrected chi connectivity index (χ2v) is 31.2. The summed E-state index contributed by atoms with van der Waals surface area (Å²) in [7, 11) is 0. The van der Waals surface area contributed by atoms with Gasteiger partial charge in [0.1, 0.15) is 54.3 Å². The number of carbonyl (C=O) groups excluding carboxylic acids is 5. The molecule has 0 atom stereocenters. The molecule has 3 aliphatic carbocycles. The van der Waals surface area contributed by atoms with Gasteiger partial charge in [0, 0.05) is 128 Å². The van der Waals surface area contributed by atoms with Gasteiger partial charge in [-0.2, -0.15) is 53.3 Å². The van der Waals surface area contributed by atoms with Crippen LogP contribution in [-0.4, -0.2) is 240 Å². The van der Waals surface area contributed by atoms with Gasteiger partial charge in [0.05, 0.1) is 75.4 Å². The van der Waals surface area contributed by atoms with Gasteiger partial charge in [0.2, 0.25) is 42.8 Å². The van der Waals surface area contributed by atoms with E-state index in [-0.39, 0.29) is 29.5 Å². The van der Waals surface area contributed by atoms with Gasteiger partial charge in [-0.05, 0) is 148 Å². The van der Waals surface area contributed by atoms with Gasteiger partial charge < -0.3 is 47.3 Å². The third kappa shape index (κ3) is 105. The fourth-order valence-electron chi connectivity index (χ4n) is 8.08. The molecule has 6 amide bonds. The molecule has 734 valence electrons. The van der Waals surface area contributed by atoms with Gasteiger partial charge in [0.25, 0.3) is 5.24 Å². The van der Waals surface area contributed by atoms with Crippen LogP contribution in [0.4, 0.5) is 9.59 Å². The van der Waals surface area contributed by atoms with Crippen LogP contribution >= 0.6 is 92.6 Å². The van der Waals surface area contributed by atoms with E-state index in [1.54, 1.807) is 114 Å². The van der Waals surface area contributed by atoms with Crippen molar-refractivity contribution in [3.63, 3.8) is 0 Å². The number of hydrogen-bond donors (Lipinski definition) is 5. The highest BCUT2D eigenvalue weighted by atomic mass is 32.2. The molecule has 10 aromatic heterocycles. The summed E-state index contributed by atoms with van der Waals surface area (Å²) in [4.78, 5) is 87.9. The van der Waals surface area contributed by atoms with E-state index in [0.717, 1.165) is 90.1 Å². The van der Waals surface area contributed by atoms with Crippen molar-refractivity contribution in [2.75, 3.05) is 87.9 Å². The van der Waals surface area contributed by atoms with Crippen LogP contribution < -0.4 is 26.7 Å². The number of thioether (sulfide) groups is 3. The van der Waals surface area contributed by atoms with Crippen molar-refractivity contribution in [3.8, 4) is 0 Å². The molecule has 136 heavy (non-hydrogen) atoms. The zero-order chi connectivity index (χ0) is 97.1. The highest BCUT2D eigenvalue weighted by Gasteiger charge is 2.17. The average molecular weight is 2020 g/mol. The smallest absolute Gasteiger partial charge is 0.321 e. The van der Waals surface area contributed by atoms with Crippen molar-refractivity contribution in [1.82, 2.24) is 106 Å². The third-order valence-electron chi connectivity index (χ3n) is 14.0. The lowest BCUT2D eigenvalue weighted by Gasteiger charge is -1.86. The number of rotatable bonds is 0. The first-order valence-corrected chi connectivity index (χ1v) is 49.8. The molecule has 51 heteroatoms. The van der Waals surface area contributed by atoms with E-state index in [0.29, 0.717) is 11.6 Å². The minimum absolute atomic E-state index is 0.124. The molecule has 0 unspecified atom stereocenters. The van der Waals surface area contributed by atoms with Gasteiger partial charge in [-0.25, -0.2) is 34.6 Å². The minimum atomic E-state index is -0.398. The Morgan fingerprint density at radius 2 is 1.24 bits per heavy atom. The van der Waals surface area contributed by atoms with Crippen molar-refractivity contribution < 1.29 is 60.7 Å². The van der Waals surface area contributed by atoms with Crippen molar-refractivity contribution in [2.45, 2.75) is 122 Å². The van der Waals surface area contributed by atoms with Crippen LogP contribution in [0.3, 0.4) is 0 Å². The molecule has 0 aromatic carbocycles. The molecule has 13 aliphatic heterocycles. The third-order valence-corrected chi connectivity index (χ3v) is 19.1. The number of hydrogen-bond acceptors (Lipinski definition) is 47. The fourth-order valence-corrected chi connectivity index (χ4v) is 11.8. The summed E-state index contributed by atoms with van der Waals surface area (Å²) < 4.78 is 42.3. The molecule has 1 saturated carbocycles. The SMILES string of the molecule is C1=CCCC1.C1=CCCC1.C1=CCN=C1.C1=CCOC1.C1=CCSC1.C1=CN=CC1.C1=CN=NC1.C1=NC=NC1.C1=NN=CC1.C1CCCC1.C1CCOC1.C1CCSC1.C=C1N=CNO1.O=C1CCCN1.O=C1CNC(=O)N1.O=C1CSC(=O)N1.c1cnoc1.c1cnsc1.c1cocn1.c1conn1.c1cscn1.c1csnn1.c1ncon1.c1ncsn1.c1nnco1.c1nncs1. The molecule has 26 rings (SSSR count). The first-order valence-electron chi connectivity index (χ1n) is 42.1. The molecule has 10 aromatic rings. The molecule has 5 saturated heterocycles. The highest BCUT2D eigenvalue weighted by Crippen LogP contribution is 2.16. The van der Waals surface area contributed by atoms with Crippen LogP contribution in [0.2, 0.25) is 0 Å². The standard InChI is InChI=1S/C5H10.2C5H8.C4H7NO.2C4H5N.C4H8O.C4H6O.C4H8S.C4H6S.C3H4N2O2.C3H4N2O.3C3H4N2.C3H3NO2S.2C3H3NO.2C3H3NS.3C2H2N2O.3C2H2N2S/c3*1-2-4-5-3-1;6-4-2-1-3-5-4;6*1-2-4-5-3-1;6-2-1-4-3(7)5-2;1-3-4-2-5-6-3;1-2-5-3-4-1;2*1-2-4-5-3-1;5-2-1-7-3(6)4-2;1-2-5-3-4-1;1-2-4-5-3-1;1-2-5-3-4-1;1-2-4-5-3-1;1-3-4-2-5-1;1-3-2-5-4-1;1-2-5-4-3-1;1-3-4-2-5-1;1-3-2-5-4-1;1-2-5-4-3-1/h1-5H2;2*1-2H,3-5H2;1-3H2,(H,5,6);1,3-4H,2H2;1-3H,4H2;1-4H2;1-2H,3-4H2;1-4H2;1-2H,3-4H2;1H2,(H2,4,5,6,7);2H,1H2,(H,4,5);1,3H,2H2;2-3H,1H2;1-2H,3H2;1H2,(H,4,5,6);4*1-3H;6*1-2H. The van der Waals surface area contributed by atoms with Gasteiger partial charge in [-0.3, -0.25) is 49.8 Å². The van der Waals surface area contributed by atoms with E-state index in [1.165, 1.54) is 235 Å². The maximum absolute atomic E-state index is 10.1. The minimum Gasteiger partial charge on any atom is -0.452 e.